The van der Waals surface area contributed by atoms with Crippen LogP contribution >= 0.6 is 11.8 Å². The van der Waals surface area contributed by atoms with Crippen LogP contribution < -0.4 is 5.32 Å². The molecule has 2 heterocycles. The van der Waals surface area contributed by atoms with Crippen LogP contribution in [0.5, 0.6) is 0 Å². The van der Waals surface area contributed by atoms with Crippen molar-refractivity contribution in [2.75, 3.05) is 45.5 Å². The van der Waals surface area contributed by atoms with Crippen molar-refractivity contribution in [3.05, 3.63) is 0 Å². The summed E-state index contributed by atoms with van der Waals surface area (Å²) in [6, 6.07) is 0.0405. The molecule has 0 bridgehead atoms. The van der Waals surface area contributed by atoms with Gasteiger partial charge in [-0.3, -0.25) is 9.89 Å². The average molecular weight is 338 g/mol. The van der Waals surface area contributed by atoms with E-state index in [1.54, 1.807) is 7.05 Å². The van der Waals surface area contributed by atoms with Gasteiger partial charge in [0.25, 0.3) is 0 Å². The number of likely N-dealkylation sites (tertiary alicyclic amines) is 1. The molecule has 0 spiro atoms. The van der Waals surface area contributed by atoms with Gasteiger partial charge in [0.2, 0.25) is 0 Å². The first-order chi connectivity index (χ1) is 10.2. The summed E-state index contributed by atoms with van der Waals surface area (Å²) in [4.78, 5) is 7.99. The summed E-state index contributed by atoms with van der Waals surface area (Å²) in [7, 11) is 1.74. The van der Waals surface area contributed by atoms with Crippen molar-refractivity contribution in [2.24, 2.45) is 4.99 Å². The number of nitrogens with one attached hydrogen (secondary N) is 1. The van der Waals surface area contributed by atoms with Crippen LogP contribution in [-0.4, -0.2) is 78.2 Å². The molecule has 2 rings (SSSR count). The SMILES string of the molecule is CN=C(NC1CCN(CC(F)(F)F)C1)N1CCSC(C)(C)C1. The lowest BCUT2D eigenvalue weighted by atomic mass is 10.2. The molecule has 0 radical (unpaired) electrons. The number of aliphatic imine (C=N–C) groups is 1. The number of hydrogen-bond acceptors (Lipinski definition) is 3. The first kappa shape index (κ1) is 17.7. The maximum absolute atomic E-state index is 12.4. The monoisotopic (exact) mass is 338 g/mol. The Bertz CT molecular complexity index is 411. The molecule has 128 valence electrons. The molecule has 0 saturated carbocycles. The second kappa shape index (κ2) is 6.86. The fourth-order valence-corrected chi connectivity index (χ4v) is 4.14. The van der Waals surface area contributed by atoms with Crippen LogP contribution in [0.3, 0.4) is 0 Å². The summed E-state index contributed by atoms with van der Waals surface area (Å²) in [5.41, 5.74) is 0. The Kier molecular flexibility index (Phi) is 5.53. The third-order valence-electron chi connectivity index (χ3n) is 3.95. The largest absolute Gasteiger partial charge is 0.401 e. The molecule has 2 aliphatic heterocycles. The van der Waals surface area contributed by atoms with Crippen LogP contribution in [0.4, 0.5) is 13.2 Å². The second-order valence-electron chi connectivity index (χ2n) is 6.56. The van der Waals surface area contributed by atoms with Gasteiger partial charge in [-0.05, 0) is 20.3 Å². The standard InChI is InChI=1S/C14H25F3N4S/c1-13(2)9-21(6-7-22-13)12(18-3)19-11-4-5-20(8-11)10-14(15,16)17/h11H,4-10H2,1-3H3,(H,18,19). The molecule has 4 nitrogen and oxygen atoms in total. The van der Waals surface area contributed by atoms with Crippen LogP contribution in [0.25, 0.3) is 0 Å². The topological polar surface area (TPSA) is 30.9 Å². The van der Waals surface area contributed by atoms with Gasteiger partial charge in [-0.2, -0.15) is 24.9 Å². The van der Waals surface area contributed by atoms with E-state index in [1.165, 1.54) is 4.90 Å². The van der Waals surface area contributed by atoms with Gasteiger partial charge in [-0.25, -0.2) is 0 Å². The van der Waals surface area contributed by atoms with E-state index in [0.29, 0.717) is 13.1 Å². The Morgan fingerprint density at radius 2 is 2.09 bits per heavy atom. The molecular formula is C14H25F3N4S. The van der Waals surface area contributed by atoms with Gasteiger partial charge >= 0.3 is 6.18 Å². The summed E-state index contributed by atoms with van der Waals surface area (Å²) in [5.74, 6) is 1.85. The second-order valence-corrected chi connectivity index (χ2v) is 8.36. The van der Waals surface area contributed by atoms with Gasteiger partial charge in [-0.15, -0.1) is 0 Å². The number of guanidine groups is 1. The fourth-order valence-electron chi connectivity index (χ4n) is 3.02. The lowest BCUT2D eigenvalue weighted by Gasteiger charge is -2.39. The van der Waals surface area contributed by atoms with E-state index >= 15 is 0 Å². The van der Waals surface area contributed by atoms with Gasteiger partial charge < -0.3 is 10.2 Å². The van der Waals surface area contributed by atoms with E-state index in [-0.39, 0.29) is 10.8 Å². The van der Waals surface area contributed by atoms with Crippen molar-refractivity contribution in [1.29, 1.82) is 0 Å². The molecule has 0 amide bonds. The average Bonchev–Trinajstić information content (AvgIpc) is 2.79. The highest BCUT2D eigenvalue weighted by Crippen LogP contribution is 2.29. The molecule has 1 N–H and O–H groups in total. The Hall–Kier alpha value is -0.630. The lowest BCUT2D eigenvalue weighted by molar-refractivity contribution is -0.143. The first-order valence-electron chi connectivity index (χ1n) is 7.60. The highest BCUT2D eigenvalue weighted by Gasteiger charge is 2.35. The summed E-state index contributed by atoms with van der Waals surface area (Å²) < 4.78 is 37.5. The van der Waals surface area contributed by atoms with E-state index in [4.69, 9.17) is 0 Å². The summed E-state index contributed by atoms with van der Waals surface area (Å²) in [6.45, 7) is 6.32. The molecule has 0 aromatic heterocycles. The zero-order chi connectivity index (χ0) is 16.4. The van der Waals surface area contributed by atoms with Gasteiger partial charge in [0.1, 0.15) is 0 Å². The van der Waals surface area contributed by atoms with E-state index in [1.807, 2.05) is 11.8 Å². The van der Waals surface area contributed by atoms with Crippen LogP contribution in [0.15, 0.2) is 4.99 Å². The molecule has 2 saturated heterocycles. The predicted octanol–water partition coefficient (Wildman–Crippen LogP) is 2.03. The van der Waals surface area contributed by atoms with Gasteiger partial charge in [-0.1, -0.05) is 0 Å². The Labute approximate surface area is 134 Å². The normalized spacial score (nSPS) is 27.3. The highest BCUT2D eigenvalue weighted by molar-refractivity contribution is 8.00. The van der Waals surface area contributed by atoms with Crippen molar-refractivity contribution < 1.29 is 13.2 Å². The van der Waals surface area contributed by atoms with E-state index in [0.717, 1.165) is 31.2 Å². The number of alkyl halides is 3. The third-order valence-corrected chi connectivity index (χ3v) is 5.24. The smallest absolute Gasteiger partial charge is 0.352 e. The molecule has 1 unspecified atom stereocenters. The number of halogens is 3. The van der Waals surface area contributed by atoms with Gasteiger partial charge in [0.15, 0.2) is 5.96 Å². The highest BCUT2D eigenvalue weighted by atomic mass is 32.2. The molecule has 0 aliphatic carbocycles. The molecule has 2 fully saturated rings. The summed E-state index contributed by atoms with van der Waals surface area (Å²) in [6.07, 6.45) is -3.40. The Morgan fingerprint density at radius 1 is 1.36 bits per heavy atom. The van der Waals surface area contributed by atoms with Gasteiger partial charge in [0.05, 0.1) is 6.54 Å². The fraction of sp³-hybridized carbons (Fsp3) is 0.929. The molecule has 8 heteroatoms. The van der Waals surface area contributed by atoms with Crippen LogP contribution in [0, 0.1) is 0 Å². The zero-order valence-electron chi connectivity index (χ0n) is 13.4. The minimum absolute atomic E-state index is 0.0405. The molecule has 22 heavy (non-hydrogen) atoms. The number of thioether (sulfide) groups is 1. The van der Waals surface area contributed by atoms with Crippen LogP contribution in [0.2, 0.25) is 0 Å². The van der Waals surface area contributed by atoms with Crippen molar-refractivity contribution in [2.45, 2.75) is 37.2 Å². The predicted molar refractivity (Wildman–Crippen MR) is 85.5 cm³/mol. The minimum Gasteiger partial charge on any atom is -0.352 e. The zero-order valence-corrected chi connectivity index (χ0v) is 14.2. The number of rotatable bonds is 2. The van der Waals surface area contributed by atoms with Crippen molar-refractivity contribution in [3.63, 3.8) is 0 Å². The summed E-state index contributed by atoms with van der Waals surface area (Å²) >= 11 is 1.94. The molecule has 0 aromatic rings. The quantitative estimate of drug-likeness (QED) is 0.617. The number of nitrogens with zero attached hydrogens (tertiary/aromatic N) is 3. The number of hydrogen-bond donors (Lipinski definition) is 1. The maximum Gasteiger partial charge on any atom is 0.401 e. The molecule has 0 aromatic carbocycles. The van der Waals surface area contributed by atoms with Crippen molar-refractivity contribution >= 4 is 17.7 Å². The van der Waals surface area contributed by atoms with Crippen LogP contribution in [-0.2, 0) is 0 Å². The van der Waals surface area contributed by atoms with E-state index < -0.39 is 12.7 Å². The third kappa shape index (κ3) is 5.22. The maximum atomic E-state index is 12.4. The Morgan fingerprint density at radius 3 is 2.68 bits per heavy atom. The van der Waals surface area contributed by atoms with E-state index in [9.17, 15) is 13.2 Å². The summed E-state index contributed by atoms with van der Waals surface area (Å²) in [5, 5.41) is 3.35. The molecular weight excluding hydrogens is 313 g/mol. The van der Waals surface area contributed by atoms with Crippen LogP contribution in [0.1, 0.15) is 20.3 Å². The first-order valence-corrected chi connectivity index (χ1v) is 8.58. The van der Waals surface area contributed by atoms with Crippen molar-refractivity contribution in [1.82, 2.24) is 15.1 Å². The van der Waals surface area contributed by atoms with Gasteiger partial charge in [0, 0.05) is 49.8 Å². The van der Waals surface area contributed by atoms with E-state index in [2.05, 4.69) is 29.1 Å². The minimum atomic E-state index is -4.12. The molecule has 1 atom stereocenters. The Balaban J connectivity index is 1.87. The van der Waals surface area contributed by atoms with Crippen molar-refractivity contribution in [3.8, 4) is 0 Å². The molecule has 2 aliphatic rings. The lowest BCUT2D eigenvalue weighted by Crippen LogP contribution is -2.53.